The number of anilines is 1. The van der Waals surface area contributed by atoms with Crippen LogP contribution in [0, 0.1) is 0 Å². The molecule has 0 amide bonds. The van der Waals surface area contributed by atoms with Crippen LogP contribution in [0.25, 0.3) is 10.8 Å². The van der Waals surface area contributed by atoms with Crippen LogP contribution in [0.2, 0.25) is 0 Å². The highest BCUT2D eigenvalue weighted by atomic mass is 32.2. The van der Waals surface area contributed by atoms with Crippen LogP contribution in [-0.2, 0) is 0 Å². The Morgan fingerprint density at radius 3 is 2.67 bits per heavy atom. The SMILES string of the molecule is c1ccc2c(c1)SCC2CNc1ccc2ccccc2c1. The second-order valence-electron chi connectivity index (χ2n) is 5.49. The summed E-state index contributed by atoms with van der Waals surface area (Å²) in [7, 11) is 0. The zero-order chi connectivity index (χ0) is 14.1. The summed E-state index contributed by atoms with van der Waals surface area (Å²) < 4.78 is 0. The van der Waals surface area contributed by atoms with Gasteiger partial charge >= 0.3 is 0 Å². The predicted octanol–water partition coefficient (Wildman–Crippen LogP) is 5.14. The second-order valence-corrected chi connectivity index (χ2v) is 6.55. The van der Waals surface area contributed by atoms with E-state index < -0.39 is 0 Å². The van der Waals surface area contributed by atoms with E-state index >= 15 is 0 Å². The number of hydrogen-bond acceptors (Lipinski definition) is 2. The Hall–Kier alpha value is -1.93. The van der Waals surface area contributed by atoms with E-state index in [1.807, 2.05) is 11.8 Å². The molecule has 4 rings (SSSR count). The molecule has 1 aliphatic rings. The number of rotatable bonds is 3. The Kier molecular flexibility index (Phi) is 3.32. The Balaban J connectivity index is 1.51. The van der Waals surface area contributed by atoms with Gasteiger partial charge < -0.3 is 5.32 Å². The van der Waals surface area contributed by atoms with Crippen LogP contribution in [0.3, 0.4) is 0 Å². The van der Waals surface area contributed by atoms with Crippen LogP contribution >= 0.6 is 11.8 Å². The van der Waals surface area contributed by atoms with Crippen molar-refractivity contribution in [2.24, 2.45) is 0 Å². The minimum Gasteiger partial charge on any atom is -0.384 e. The molecule has 1 heterocycles. The van der Waals surface area contributed by atoms with E-state index in [4.69, 9.17) is 0 Å². The van der Waals surface area contributed by atoms with E-state index in [9.17, 15) is 0 Å². The number of benzene rings is 3. The number of thioether (sulfide) groups is 1. The highest BCUT2D eigenvalue weighted by molar-refractivity contribution is 7.99. The molecule has 3 aromatic rings. The molecule has 0 bridgehead atoms. The lowest BCUT2D eigenvalue weighted by Gasteiger charge is -2.13. The van der Waals surface area contributed by atoms with E-state index in [-0.39, 0.29) is 0 Å². The molecule has 1 nitrogen and oxygen atoms in total. The lowest BCUT2D eigenvalue weighted by atomic mass is 10.0. The first kappa shape index (κ1) is 12.8. The van der Waals surface area contributed by atoms with Crippen molar-refractivity contribution in [3.63, 3.8) is 0 Å². The summed E-state index contributed by atoms with van der Waals surface area (Å²) in [6, 6.07) is 23.9. The van der Waals surface area contributed by atoms with Gasteiger partial charge in [-0.3, -0.25) is 0 Å². The highest BCUT2D eigenvalue weighted by Gasteiger charge is 2.22. The quantitative estimate of drug-likeness (QED) is 0.717. The maximum Gasteiger partial charge on any atom is 0.0346 e. The fourth-order valence-electron chi connectivity index (χ4n) is 2.94. The third kappa shape index (κ3) is 2.52. The highest BCUT2D eigenvalue weighted by Crippen LogP contribution is 2.39. The minimum absolute atomic E-state index is 0.609. The summed E-state index contributed by atoms with van der Waals surface area (Å²) in [6.07, 6.45) is 0. The third-order valence-corrected chi connectivity index (χ3v) is 5.35. The predicted molar refractivity (Wildman–Crippen MR) is 92.3 cm³/mol. The molecule has 104 valence electrons. The van der Waals surface area contributed by atoms with Crippen molar-refractivity contribution in [2.45, 2.75) is 10.8 Å². The molecule has 3 aromatic carbocycles. The zero-order valence-electron chi connectivity index (χ0n) is 11.8. The first-order chi connectivity index (χ1) is 10.4. The largest absolute Gasteiger partial charge is 0.384 e. The lowest BCUT2D eigenvalue weighted by Crippen LogP contribution is -2.12. The Labute approximate surface area is 129 Å². The van der Waals surface area contributed by atoms with Gasteiger partial charge in [-0.1, -0.05) is 48.5 Å². The molecule has 1 unspecified atom stereocenters. The summed E-state index contributed by atoms with van der Waals surface area (Å²) in [5.41, 5.74) is 2.71. The van der Waals surface area contributed by atoms with Gasteiger partial charge in [0.1, 0.15) is 0 Å². The van der Waals surface area contributed by atoms with E-state index in [1.54, 1.807) is 0 Å². The molecule has 1 aliphatic heterocycles. The van der Waals surface area contributed by atoms with Gasteiger partial charge in [0.05, 0.1) is 0 Å². The molecule has 2 heteroatoms. The molecular formula is C19H17NS. The Bertz CT molecular complexity index is 781. The van der Waals surface area contributed by atoms with Gasteiger partial charge in [-0.2, -0.15) is 0 Å². The molecule has 0 saturated carbocycles. The first-order valence-corrected chi connectivity index (χ1v) is 8.33. The molecule has 0 aromatic heterocycles. The number of fused-ring (bicyclic) bond motifs is 2. The topological polar surface area (TPSA) is 12.0 Å². The summed E-state index contributed by atoms with van der Waals surface area (Å²) in [5, 5.41) is 6.20. The van der Waals surface area contributed by atoms with E-state index in [0.29, 0.717) is 5.92 Å². The molecule has 21 heavy (non-hydrogen) atoms. The molecule has 0 aliphatic carbocycles. The monoisotopic (exact) mass is 291 g/mol. The van der Waals surface area contributed by atoms with Gasteiger partial charge in [-0.15, -0.1) is 11.8 Å². The average molecular weight is 291 g/mol. The summed E-state index contributed by atoms with van der Waals surface area (Å²) in [4.78, 5) is 1.45. The van der Waals surface area contributed by atoms with Gasteiger partial charge in [0.2, 0.25) is 0 Å². The summed E-state index contributed by atoms with van der Waals surface area (Å²) in [5.74, 6) is 1.79. The van der Waals surface area contributed by atoms with Crippen molar-refractivity contribution in [1.82, 2.24) is 0 Å². The van der Waals surface area contributed by atoms with E-state index in [1.165, 1.54) is 32.7 Å². The second kappa shape index (κ2) is 5.45. The van der Waals surface area contributed by atoms with Gasteiger partial charge in [0.15, 0.2) is 0 Å². The fourth-order valence-corrected chi connectivity index (χ4v) is 4.19. The van der Waals surface area contributed by atoms with Gasteiger partial charge in [-0.25, -0.2) is 0 Å². The van der Waals surface area contributed by atoms with Gasteiger partial charge in [0.25, 0.3) is 0 Å². The summed E-state index contributed by atoms with van der Waals surface area (Å²) >= 11 is 1.97. The van der Waals surface area contributed by atoms with Gasteiger partial charge in [0, 0.05) is 28.8 Å². The van der Waals surface area contributed by atoms with E-state index in [0.717, 1.165) is 6.54 Å². The molecule has 0 radical (unpaired) electrons. The maximum absolute atomic E-state index is 3.61. The Morgan fingerprint density at radius 2 is 1.71 bits per heavy atom. The first-order valence-electron chi connectivity index (χ1n) is 7.34. The van der Waals surface area contributed by atoms with Crippen LogP contribution in [0.15, 0.2) is 71.6 Å². The van der Waals surface area contributed by atoms with Crippen molar-refractivity contribution < 1.29 is 0 Å². The van der Waals surface area contributed by atoms with Crippen molar-refractivity contribution in [1.29, 1.82) is 0 Å². The van der Waals surface area contributed by atoms with Crippen molar-refractivity contribution >= 4 is 28.2 Å². The van der Waals surface area contributed by atoms with Crippen LogP contribution in [0.4, 0.5) is 5.69 Å². The third-order valence-electron chi connectivity index (χ3n) is 4.10. The lowest BCUT2D eigenvalue weighted by molar-refractivity contribution is 0.819. The molecule has 1 N–H and O–H groups in total. The smallest absolute Gasteiger partial charge is 0.0346 e. The number of hydrogen-bond donors (Lipinski definition) is 1. The van der Waals surface area contributed by atoms with Gasteiger partial charge in [-0.05, 0) is 34.5 Å². The minimum atomic E-state index is 0.609. The standard InChI is InChI=1S/C19H17NS/c1-2-6-15-11-17(10-9-14(15)5-1)20-12-16-13-21-19-8-4-3-7-18(16)19/h1-11,16,20H,12-13H2. The van der Waals surface area contributed by atoms with Crippen LogP contribution in [-0.4, -0.2) is 12.3 Å². The van der Waals surface area contributed by atoms with Crippen molar-refractivity contribution in [3.05, 3.63) is 72.3 Å². The van der Waals surface area contributed by atoms with E-state index in [2.05, 4.69) is 72.0 Å². The Morgan fingerprint density at radius 1 is 0.905 bits per heavy atom. The van der Waals surface area contributed by atoms with Crippen LogP contribution in [0.1, 0.15) is 11.5 Å². The molecule has 1 atom stereocenters. The summed E-state index contributed by atoms with van der Waals surface area (Å²) in [6.45, 7) is 1.00. The molecule has 0 fully saturated rings. The van der Waals surface area contributed by atoms with Crippen LogP contribution < -0.4 is 5.32 Å². The molecule has 0 spiro atoms. The molecular weight excluding hydrogens is 274 g/mol. The van der Waals surface area contributed by atoms with Crippen molar-refractivity contribution in [2.75, 3.05) is 17.6 Å². The van der Waals surface area contributed by atoms with Crippen molar-refractivity contribution in [3.8, 4) is 0 Å². The average Bonchev–Trinajstić information content (AvgIpc) is 2.96. The fraction of sp³-hybridized carbons (Fsp3) is 0.158. The van der Waals surface area contributed by atoms with Crippen LogP contribution in [0.5, 0.6) is 0 Å². The number of nitrogens with one attached hydrogen (secondary N) is 1. The normalized spacial score (nSPS) is 16.9. The zero-order valence-corrected chi connectivity index (χ0v) is 12.6. The maximum atomic E-state index is 3.61. The molecule has 0 saturated heterocycles.